The van der Waals surface area contributed by atoms with Crippen LogP contribution in [0.2, 0.25) is 0 Å². The quantitative estimate of drug-likeness (QED) is 0.387. The van der Waals surface area contributed by atoms with Crippen LogP contribution in [0.3, 0.4) is 0 Å². The number of halogens is 1. The molecule has 0 unspecified atom stereocenters. The van der Waals surface area contributed by atoms with Gasteiger partial charge in [0, 0.05) is 4.47 Å². The van der Waals surface area contributed by atoms with Crippen molar-refractivity contribution < 1.29 is 18.7 Å². The van der Waals surface area contributed by atoms with Gasteiger partial charge in [-0.15, -0.1) is 0 Å². The Morgan fingerprint density at radius 2 is 1.86 bits per heavy atom. The minimum absolute atomic E-state index is 0.353. The monoisotopic (exact) mass is 460 g/mol. The number of oxazole rings is 1. The van der Waals surface area contributed by atoms with Crippen LogP contribution in [0.25, 0.3) is 22.1 Å². The molecule has 0 saturated heterocycles. The second-order valence-corrected chi connectivity index (χ2v) is 6.94. The number of nitrogens with zero attached hydrogens (tertiary/aromatic N) is 1. The van der Waals surface area contributed by atoms with E-state index in [1.54, 1.807) is 36.4 Å². The smallest absolute Gasteiger partial charge is 0.420 e. The van der Waals surface area contributed by atoms with Crippen LogP contribution in [0.15, 0.2) is 54.9 Å². The molecule has 0 fully saturated rings. The number of para-hydroxylation sites is 2. The van der Waals surface area contributed by atoms with E-state index in [1.165, 1.54) is 0 Å². The van der Waals surface area contributed by atoms with Crippen molar-refractivity contribution >= 4 is 55.6 Å². The number of hydrogen-bond donors (Lipinski definition) is 3. The molecule has 0 spiro atoms. The number of aromatic amines is 2. The number of fused-ring (bicyclic) bond motifs is 2. The number of carbonyl (C=O) groups is 2. The van der Waals surface area contributed by atoms with E-state index >= 15 is 0 Å². The van der Waals surface area contributed by atoms with Gasteiger partial charge in [-0.05, 0) is 40.2 Å². The fourth-order valence-electron chi connectivity index (χ4n) is 2.82. The molecule has 2 aromatic carbocycles. The van der Waals surface area contributed by atoms with Gasteiger partial charge in [-0.1, -0.05) is 12.1 Å². The van der Waals surface area contributed by atoms with Crippen molar-refractivity contribution in [2.45, 2.75) is 6.54 Å². The number of aromatic nitrogens is 3. The summed E-state index contributed by atoms with van der Waals surface area (Å²) in [6, 6.07) is 9.85. The Hall–Kier alpha value is -3.60. The van der Waals surface area contributed by atoms with Crippen molar-refractivity contribution in [2.75, 3.05) is 11.9 Å². The summed E-state index contributed by atoms with van der Waals surface area (Å²) < 4.78 is 11.7. The van der Waals surface area contributed by atoms with Crippen LogP contribution in [0.1, 0.15) is 0 Å². The number of carbonyl (C=O) groups excluding carboxylic acids is 2. The lowest BCUT2D eigenvalue weighted by atomic mass is 10.2. The summed E-state index contributed by atoms with van der Waals surface area (Å²) in [7, 11) is 0. The zero-order valence-corrected chi connectivity index (χ0v) is 16.2. The highest BCUT2D eigenvalue weighted by atomic mass is 79.9. The third-order valence-corrected chi connectivity index (χ3v) is 4.76. The molecule has 4 rings (SSSR count). The zero-order valence-electron chi connectivity index (χ0n) is 14.7. The number of hydrogen-bond acceptors (Lipinski definition) is 6. The second kappa shape index (κ2) is 7.43. The van der Waals surface area contributed by atoms with Crippen molar-refractivity contribution in [1.82, 2.24) is 14.5 Å². The van der Waals surface area contributed by atoms with Gasteiger partial charge in [0.15, 0.2) is 12.2 Å². The lowest BCUT2D eigenvalue weighted by molar-refractivity contribution is -0.147. The number of nitrogens with one attached hydrogen (secondary N) is 3. The summed E-state index contributed by atoms with van der Waals surface area (Å²) in [5.41, 5.74) is 1.92. The van der Waals surface area contributed by atoms with Crippen LogP contribution in [0.4, 0.5) is 5.69 Å². The molecule has 3 N–H and O–H groups in total. The molecule has 4 aromatic rings. The molecule has 148 valence electrons. The molecule has 0 aliphatic rings. The number of imidazole rings is 1. The first-order valence-corrected chi connectivity index (χ1v) is 9.15. The van der Waals surface area contributed by atoms with E-state index in [0.29, 0.717) is 32.3 Å². The Kier molecular flexibility index (Phi) is 4.80. The largest absolute Gasteiger partial charge is 0.454 e. The zero-order chi connectivity index (χ0) is 20.5. The number of ether oxygens (including phenoxy) is 1. The summed E-state index contributed by atoms with van der Waals surface area (Å²) >= 11 is 3.30. The standard InChI is InChI=1S/C18H13BrN4O6/c19-9-5-11-12(22-17(26)21-11)6-10(9)20-15(24)8-28-16(25)7-23-13-3-1-2-4-14(13)29-18(23)27/h1-6H,7-8H2,(H,20,24)(H2,21,22,26). The lowest BCUT2D eigenvalue weighted by Crippen LogP contribution is -2.25. The van der Waals surface area contributed by atoms with Gasteiger partial charge < -0.3 is 24.4 Å². The van der Waals surface area contributed by atoms with E-state index in [9.17, 15) is 19.2 Å². The van der Waals surface area contributed by atoms with E-state index in [2.05, 4.69) is 31.2 Å². The van der Waals surface area contributed by atoms with Gasteiger partial charge in [0.25, 0.3) is 5.91 Å². The minimum atomic E-state index is -0.765. The van der Waals surface area contributed by atoms with Crippen molar-refractivity contribution in [3.63, 3.8) is 0 Å². The van der Waals surface area contributed by atoms with E-state index in [1.807, 2.05) is 0 Å². The molecular formula is C18H13BrN4O6. The summed E-state index contributed by atoms with van der Waals surface area (Å²) in [5, 5.41) is 2.58. The Bertz CT molecular complexity index is 1360. The number of H-pyrrole nitrogens is 2. The van der Waals surface area contributed by atoms with Gasteiger partial charge in [-0.3, -0.25) is 14.2 Å². The molecule has 11 heteroatoms. The molecule has 0 aliphatic heterocycles. The van der Waals surface area contributed by atoms with Crippen LogP contribution >= 0.6 is 15.9 Å². The number of rotatable bonds is 5. The number of amides is 1. The van der Waals surface area contributed by atoms with Gasteiger partial charge in [-0.25, -0.2) is 9.59 Å². The minimum Gasteiger partial charge on any atom is -0.454 e. The van der Waals surface area contributed by atoms with Crippen LogP contribution in [0, 0.1) is 0 Å². The first kappa shape index (κ1) is 18.7. The molecule has 29 heavy (non-hydrogen) atoms. The molecule has 0 atom stereocenters. The SMILES string of the molecule is O=C(COC(=O)Cn1c(=O)oc2ccccc21)Nc1cc2[nH]c(=O)[nH]c2cc1Br. The van der Waals surface area contributed by atoms with Crippen molar-refractivity contribution in [1.29, 1.82) is 0 Å². The first-order valence-electron chi connectivity index (χ1n) is 8.36. The third kappa shape index (κ3) is 3.85. The van der Waals surface area contributed by atoms with Crippen LogP contribution in [-0.4, -0.2) is 33.0 Å². The van der Waals surface area contributed by atoms with E-state index < -0.39 is 24.2 Å². The second-order valence-electron chi connectivity index (χ2n) is 6.09. The lowest BCUT2D eigenvalue weighted by Gasteiger charge is -2.08. The Balaban J connectivity index is 1.40. The van der Waals surface area contributed by atoms with Gasteiger partial charge >= 0.3 is 17.4 Å². The Morgan fingerprint density at radius 1 is 1.14 bits per heavy atom. The third-order valence-electron chi connectivity index (χ3n) is 4.10. The maximum Gasteiger partial charge on any atom is 0.420 e. The Labute approximate surface area is 169 Å². The highest BCUT2D eigenvalue weighted by Crippen LogP contribution is 2.26. The van der Waals surface area contributed by atoms with E-state index in [4.69, 9.17) is 9.15 Å². The van der Waals surface area contributed by atoms with Gasteiger partial charge in [0.1, 0.15) is 6.54 Å². The molecule has 10 nitrogen and oxygen atoms in total. The average molecular weight is 461 g/mol. The molecule has 0 radical (unpaired) electrons. The average Bonchev–Trinajstić information content (AvgIpc) is 3.19. The maximum absolute atomic E-state index is 12.1. The number of benzene rings is 2. The predicted octanol–water partition coefficient (Wildman–Crippen LogP) is 1.71. The van der Waals surface area contributed by atoms with Gasteiger partial charge in [0.2, 0.25) is 0 Å². The van der Waals surface area contributed by atoms with Crippen molar-refractivity contribution in [3.05, 3.63) is 61.9 Å². The highest BCUT2D eigenvalue weighted by molar-refractivity contribution is 9.10. The van der Waals surface area contributed by atoms with E-state index in [0.717, 1.165) is 4.57 Å². The maximum atomic E-state index is 12.1. The van der Waals surface area contributed by atoms with Gasteiger partial charge in [0.05, 0.1) is 22.2 Å². The molecule has 1 amide bonds. The van der Waals surface area contributed by atoms with E-state index in [-0.39, 0.29) is 12.2 Å². The Morgan fingerprint density at radius 3 is 2.66 bits per heavy atom. The fourth-order valence-corrected chi connectivity index (χ4v) is 3.27. The first-order chi connectivity index (χ1) is 13.9. The summed E-state index contributed by atoms with van der Waals surface area (Å²) in [4.78, 5) is 52.6. The normalized spacial score (nSPS) is 11.1. The molecule has 2 aromatic heterocycles. The number of anilines is 1. The fraction of sp³-hybridized carbons (Fsp3) is 0.111. The predicted molar refractivity (Wildman–Crippen MR) is 107 cm³/mol. The van der Waals surface area contributed by atoms with Crippen LogP contribution in [0.5, 0.6) is 0 Å². The van der Waals surface area contributed by atoms with Crippen molar-refractivity contribution in [3.8, 4) is 0 Å². The van der Waals surface area contributed by atoms with Crippen LogP contribution in [-0.2, 0) is 20.9 Å². The molecule has 0 aliphatic carbocycles. The molecule has 0 bridgehead atoms. The molecule has 2 heterocycles. The van der Waals surface area contributed by atoms with Gasteiger partial charge in [-0.2, -0.15) is 0 Å². The summed E-state index contributed by atoms with van der Waals surface area (Å²) in [6.45, 7) is -0.930. The number of esters is 1. The van der Waals surface area contributed by atoms with Crippen LogP contribution < -0.4 is 16.8 Å². The molecule has 0 saturated carbocycles. The van der Waals surface area contributed by atoms with Crippen molar-refractivity contribution in [2.24, 2.45) is 0 Å². The topological polar surface area (TPSA) is 139 Å². The summed E-state index contributed by atoms with van der Waals surface area (Å²) in [6.07, 6.45) is 0. The summed E-state index contributed by atoms with van der Waals surface area (Å²) in [5.74, 6) is -2.04. The molecular weight excluding hydrogens is 448 g/mol. The highest BCUT2D eigenvalue weighted by Gasteiger charge is 2.15.